The van der Waals surface area contributed by atoms with Crippen molar-refractivity contribution >= 4 is 17.3 Å². The van der Waals surface area contributed by atoms with Gasteiger partial charge in [-0.1, -0.05) is 0 Å². The molecular formula is C12H20N6. The summed E-state index contributed by atoms with van der Waals surface area (Å²) in [5, 5.41) is 3.28. The largest absolute Gasteiger partial charge is 0.382 e. The molecule has 0 radical (unpaired) electrons. The van der Waals surface area contributed by atoms with Crippen LogP contribution in [0.3, 0.4) is 0 Å². The molecule has 0 atom stereocenters. The number of nitrogens with one attached hydrogen (secondary N) is 1. The summed E-state index contributed by atoms with van der Waals surface area (Å²) in [5.41, 5.74) is 6.56. The summed E-state index contributed by atoms with van der Waals surface area (Å²) in [6, 6.07) is 0.534. The van der Waals surface area contributed by atoms with Crippen LogP contribution in [0.2, 0.25) is 0 Å². The van der Waals surface area contributed by atoms with Gasteiger partial charge in [0.05, 0.1) is 6.20 Å². The predicted molar refractivity (Wildman–Crippen MR) is 73.7 cm³/mol. The normalized spacial score (nSPS) is 11.6. The molecular weight excluding hydrogens is 228 g/mol. The fourth-order valence-corrected chi connectivity index (χ4v) is 1.68. The lowest BCUT2D eigenvalue weighted by Gasteiger charge is -2.21. The van der Waals surface area contributed by atoms with Crippen LogP contribution in [0, 0.1) is 0 Å². The first kappa shape index (κ1) is 12.6. The predicted octanol–water partition coefficient (Wildman–Crippen LogP) is 1.06. The molecule has 98 valence electrons. The topological polar surface area (TPSA) is 71.5 Å². The Morgan fingerprint density at radius 2 is 2.28 bits per heavy atom. The first-order valence-corrected chi connectivity index (χ1v) is 6.11. The summed E-state index contributed by atoms with van der Waals surface area (Å²) in [6.07, 6.45) is 5.36. The van der Waals surface area contributed by atoms with Gasteiger partial charge in [-0.05, 0) is 20.9 Å². The molecule has 6 heteroatoms. The molecule has 0 amide bonds. The molecule has 2 aromatic rings. The lowest BCUT2D eigenvalue weighted by atomic mass is 10.3. The number of imidazole rings is 1. The summed E-state index contributed by atoms with van der Waals surface area (Å²) in [5.74, 6) is 1.22. The van der Waals surface area contributed by atoms with Crippen molar-refractivity contribution in [2.75, 3.05) is 31.2 Å². The molecule has 0 aromatic carbocycles. The smallest absolute Gasteiger partial charge is 0.180 e. The van der Waals surface area contributed by atoms with E-state index < -0.39 is 0 Å². The standard InChI is InChI=1S/C12H20N6/c1-9(2)17(3)6-4-14-11-12-15-5-7-18(12)8-10(13)16-11/h5,7-9H,4,6,13H2,1-3H3,(H,14,16). The number of nitrogens with two attached hydrogens (primary N) is 1. The lowest BCUT2D eigenvalue weighted by Crippen LogP contribution is -2.31. The fraction of sp³-hybridized carbons (Fsp3) is 0.500. The van der Waals surface area contributed by atoms with E-state index in [1.54, 1.807) is 12.4 Å². The highest BCUT2D eigenvalue weighted by atomic mass is 15.2. The van der Waals surface area contributed by atoms with Gasteiger partial charge < -0.3 is 20.4 Å². The number of hydrogen-bond acceptors (Lipinski definition) is 5. The average Bonchev–Trinajstić information content (AvgIpc) is 2.76. The van der Waals surface area contributed by atoms with Gasteiger partial charge >= 0.3 is 0 Å². The first-order chi connectivity index (χ1) is 8.58. The molecule has 0 aliphatic heterocycles. The molecule has 0 unspecified atom stereocenters. The summed E-state index contributed by atoms with van der Waals surface area (Å²) in [7, 11) is 2.10. The van der Waals surface area contributed by atoms with Gasteiger partial charge in [-0.3, -0.25) is 0 Å². The Kier molecular flexibility index (Phi) is 3.66. The van der Waals surface area contributed by atoms with Crippen LogP contribution in [0.15, 0.2) is 18.6 Å². The maximum Gasteiger partial charge on any atom is 0.180 e. The third-order valence-corrected chi connectivity index (χ3v) is 3.03. The van der Waals surface area contributed by atoms with Gasteiger partial charge in [0.25, 0.3) is 0 Å². The van der Waals surface area contributed by atoms with E-state index in [0.29, 0.717) is 11.9 Å². The summed E-state index contributed by atoms with van der Waals surface area (Å²) >= 11 is 0. The summed E-state index contributed by atoms with van der Waals surface area (Å²) in [4.78, 5) is 10.8. The van der Waals surface area contributed by atoms with Crippen molar-refractivity contribution in [2.45, 2.75) is 19.9 Å². The monoisotopic (exact) mass is 248 g/mol. The average molecular weight is 248 g/mol. The van der Waals surface area contributed by atoms with E-state index in [4.69, 9.17) is 5.73 Å². The zero-order valence-corrected chi connectivity index (χ0v) is 11.1. The number of nitrogen functional groups attached to an aromatic ring is 1. The van der Waals surface area contributed by atoms with Gasteiger partial charge in [-0.2, -0.15) is 0 Å². The van der Waals surface area contributed by atoms with Gasteiger partial charge in [0.1, 0.15) is 5.82 Å². The fourth-order valence-electron chi connectivity index (χ4n) is 1.68. The molecule has 18 heavy (non-hydrogen) atoms. The molecule has 0 saturated carbocycles. The second kappa shape index (κ2) is 5.22. The van der Waals surface area contributed by atoms with E-state index >= 15 is 0 Å². The quantitative estimate of drug-likeness (QED) is 0.828. The Hall–Kier alpha value is -1.82. The minimum absolute atomic E-state index is 0.486. The van der Waals surface area contributed by atoms with Crippen LogP contribution in [0.4, 0.5) is 11.6 Å². The minimum Gasteiger partial charge on any atom is -0.382 e. The van der Waals surface area contributed by atoms with E-state index in [9.17, 15) is 0 Å². The Balaban J connectivity index is 2.05. The van der Waals surface area contributed by atoms with Crippen molar-refractivity contribution < 1.29 is 0 Å². The van der Waals surface area contributed by atoms with Gasteiger partial charge in [0, 0.05) is 31.5 Å². The summed E-state index contributed by atoms with van der Waals surface area (Å²) < 4.78 is 1.87. The van der Waals surface area contributed by atoms with Crippen molar-refractivity contribution in [1.29, 1.82) is 0 Å². The molecule has 0 aliphatic carbocycles. The number of nitrogens with zero attached hydrogens (tertiary/aromatic N) is 4. The van der Waals surface area contributed by atoms with Crippen LogP contribution in [-0.2, 0) is 0 Å². The highest BCUT2D eigenvalue weighted by Gasteiger charge is 2.07. The Morgan fingerprint density at radius 1 is 1.50 bits per heavy atom. The van der Waals surface area contributed by atoms with Crippen molar-refractivity contribution in [3.8, 4) is 0 Å². The SMILES string of the molecule is CC(C)N(C)CCNc1nc(N)cn2ccnc12. The zero-order chi connectivity index (χ0) is 13.1. The highest BCUT2D eigenvalue weighted by Crippen LogP contribution is 2.14. The molecule has 0 bridgehead atoms. The van der Waals surface area contributed by atoms with Gasteiger partial charge in [0.2, 0.25) is 0 Å². The van der Waals surface area contributed by atoms with E-state index in [0.717, 1.165) is 24.6 Å². The number of fused-ring (bicyclic) bond motifs is 1. The first-order valence-electron chi connectivity index (χ1n) is 6.11. The molecule has 0 aliphatic rings. The Bertz CT molecular complexity index is 518. The maximum atomic E-state index is 5.75. The molecule has 6 nitrogen and oxygen atoms in total. The lowest BCUT2D eigenvalue weighted by molar-refractivity contribution is 0.284. The molecule has 3 N–H and O–H groups in total. The van der Waals surface area contributed by atoms with E-state index in [-0.39, 0.29) is 0 Å². The third-order valence-electron chi connectivity index (χ3n) is 3.03. The highest BCUT2D eigenvalue weighted by molar-refractivity contribution is 5.64. The van der Waals surface area contributed by atoms with E-state index in [2.05, 4.69) is 41.1 Å². The van der Waals surface area contributed by atoms with Crippen LogP contribution in [-0.4, -0.2) is 45.4 Å². The number of aromatic nitrogens is 3. The van der Waals surface area contributed by atoms with E-state index in [1.807, 2.05) is 10.6 Å². The second-order valence-corrected chi connectivity index (χ2v) is 4.67. The van der Waals surface area contributed by atoms with Crippen LogP contribution in [0.25, 0.3) is 5.65 Å². The molecule has 2 heterocycles. The van der Waals surface area contributed by atoms with Crippen molar-refractivity contribution in [3.05, 3.63) is 18.6 Å². The van der Waals surface area contributed by atoms with E-state index in [1.165, 1.54) is 0 Å². The number of anilines is 2. The van der Waals surface area contributed by atoms with Crippen molar-refractivity contribution in [3.63, 3.8) is 0 Å². The number of rotatable bonds is 5. The third kappa shape index (κ3) is 2.70. The molecule has 0 spiro atoms. The van der Waals surface area contributed by atoms with Crippen LogP contribution in [0.1, 0.15) is 13.8 Å². The number of hydrogen-bond donors (Lipinski definition) is 2. The summed E-state index contributed by atoms with van der Waals surface area (Å²) in [6.45, 7) is 6.10. The van der Waals surface area contributed by atoms with Gasteiger partial charge in [0.15, 0.2) is 11.5 Å². The maximum absolute atomic E-state index is 5.75. The van der Waals surface area contributed by atoms with Gasteiger partial charge in [-0.25, -0.2) is 9.97 Å². The molecule has 2 aromatic heterocycles. The minimum atomic E-state index is 0.486. The Labute approximate surface area is 107 Å². The molecule has 0 fully saturated rings. The van der Waals surface area contributed by atoms with Gasteiger partial charge in [-0.15, -0.1) is 0 Å². The second-order valence-electron chi connectivity index (χ2n) is 4.67. The Morgan fingerprint density at radius 3 is 3.00 bits per heavy atom. The molecule has 0 saturated heterocycles. The van der Waals surface area contributed by atoms with Crippen molar-refractivity contribution in [1.82, 2.24) is 19.3 Å². The number of likely N-dealkylation sites (N-methyl/N-ethyl adjacent to an activating group) is 1. The van der Waals surface area contributed by atoms with Crippen LogP contribution < -0.4 is 11.1 Å². The van der Waals surface area contributed by atoms with Crippen LogP contribution >= 0.6 is 0 Å². The van der Waals surface area contributed by atoms with Crippen LogP contribution in [0.5, 0.6) is 0 Å². The molecule has 2 rings (SSSR count). The zero-order valence-electron chi connectivity index (χ0n) is 11.1. The van der Waals surface area contributed by atoms with Crippen molar-refractivity contribution in [2.24, 2.45) is 0 Å².